The third-order valence-corrected chi connectivity index (χ3v) is 3.70. The molecule has 2 N–H and O–H groups in total. The highest BCUT2D eigenvalue weighted by Gasteiger charge is 2.15. The van der Waals surface area contributed by atoms with Crippen LogP contribution in [0.4, 0.5) is 24.8 Å². The molecule has 0 spiro atoms. The molecule has 0 saturated carbocycles. The first-order valence-electron chi connectivity index (χ1n) is 8.09. The van der Waals surface area contributed by atoms with Crippen LogP contribution in [-0.4, -0.2) is 22.4 Å². The molecule has 0 saturated heterocycles. The van der Waals surface area contributed by atoms with Gasteiger partial charge in [0, 0.05) is 12.7 Å². The molecule has 3 aromatic rings. The maximum absolute atomic E-state index is 13.6. The van der Waals surface area contributed by atoms with Crippen LogP contribution in [0.2, 0.25) is 0 Å². The molecule has 0 fully saturated rings. The second kappa shape index (κ2) is 8.31. The molecular formula is C19H15F3N4O. The first-order valence-corrected chi connectivity index (χ1v) is 8.09. The molecule has 3 rings (SSSR count). The zero-order valence-electron chi connectivity index (χ0n) is 14.0. The average Bonchev–Trinajstić information content (AvgIpc) is 2.66. The lowest BCUT2D eigenvalue weighted by molar-refractivity contribution is 0.102. The van der Waals surface area contributed by atoms with Crippen molar-refractivity contribution in [2.75, 3.05) is 17.2 Å². The van der Waals surface area contributed by atoms with Crippen LogP contribution >= 0.6 is 0 Å². The lowest BCUT2D eigenvalue weighted by Gasteiger charge is -2.09. The summed E-state index contributed by atoms with van der Waals surface area (Å²) in [6.07, 6.45) is 1.96. The summed E-state index contributed by atoms with van der Waals surface area (Å²) < 4.78 is 40.2. The average molecular weight is 372 g/mol. The highest BCUT2D eigenvalue weighted by molar-refractivity contribution is 6.03. The molecule has 0 aliphatic heterocycles. The van der Waals surface area contributed by atoms with Gasteiger partial charge in [-0.25, -0.2) is 23.1 Å². The highest BCUT2D eigenvalue weighted by Crippen LogP contribution is 2.18. The van der Waals surface area contributed by atoms with Crippen molar-refractivity contribution in [1.82, 2.24) is 9.97 Å². The summed E-state index contributed by atoms with van der Waals surface area (Å²) in [5, 5.41) is 5.11. The molecule has 0 aliphatic carbocycles. The van der Waals surface area contributed by atoms with E-state index in [1.54, 1.807) is 12.1 Å². The van der Waals surface area contributed by atoms with Crippen molar-refractivity contribution in [1.29, 1.82) is 0 Å². The van der Waals surface area contributed by atoms with Crippen LogP contribution in [0.25, 0.3) is 0 Å². The van der Waals surface area contributed by atoms with Gasteiger partial charge in [0.05, 0.1) is 0 Å². The number of nitrogens with one attached hydrogen (secondary N) is 2. The minimum atomic E-state index is -0.880. The number of anilines is 2. The first-order chi connectivity index (χ1) is 13.0. The van der Waals surface area contributed by atoms with Gasteiger partial charge in [-0.2, -0.15) is 0 Å². The Morgan fingerprint density at radius 2 is 1.67 bits per heavy atom. The number of hydrogen-bond donors (Lipinski definition) is 2. The molecule has 0 aliphatic rings. The minimum absolute atomic E-state index is 0.0445. The van der Waals surface area contributed by atoms with Crippen molar-refractivity contribution in [3.8, 4) is 0 Å². The van der Waals surface area contributed by atoms with Gasteiger partial charge < -0.3 is 10.6 Å². The zero-order valence-corrected chi connectivity index (χ0v) is 14.0. The fourth-order valence-corrected chi connectivity index (χ4v) is 2.33. The molecule has 8 heteroatoms. The van der Waals surface area contributed by atoms with Gasteiger partial charge in [0.15, 0.2) is 0 Å². The summed E-state index contributed by atoms with van der Waals surface area (Å²) in [5.74, 6) is -2.63. The molecule has 2 aromatic carbocycles. The quantitative estimate of drug-likeness (QED) is 0.691. The van der Waals surface area contributed by atoms with Gasteiger partial charge >= 0.3 is 0 Å². The molecule has 27 heavy (non-hydrogen) atoms. The van der Waals surface area contributed by atoms with E-state index in [0.29, 0.717) is 13.0 Å². The van der Waals surface area contributed by atoms with Crippen molar-refractivity contribution in [3.05, 3.63) is 83.4 Å². The molecule has 0 radical (unpaired) electrons. The number of hydrogen-bond acceptors (Lipinski definition) is 4. The van der Waals surface area contributed by atoms with E-state index in [-0.39, 0.29) is 17.5 Å². The maximum atomic E-state index is 13.6. The molecular weight excluding hydrogens is 357 g/mol. The SMILES string of the molecule is O=C(Nc1c(F)cccc1F)c1ccnc(NCCc2ccc(F)cc2)n1. The summed E-state index contributed by atoms with van der Waals surface area (Å²) >= 11 is 0. The number of halogens is 3. The van der Waals surface area contributed by atoms with Crippen LogP contribution in [-0.2, 0) is 6.42 Å². The number of nitrogens with zero attached hydrogens (tertiary/aromatic N) is 2. The van der Waals surface area contributed by atoms with Crippen molar-refractivity contribution < 1.29 is 18.0 Å². The summed E-state index contributed by atoms with van der Waals surface area (Å²) in [6.45, 7) is 0.457. The number of carbonyl (C=O) groups is 1. The third-order valence-electron chi connectivity index (χ3n) is 3.70. The van der Waals surface area contributed by atoms with E-state index in [4.69, 9.17) is 0 Å². The van der Waals surface area contributed by atoms with Crippen molar-refractivity contribution >= 4 is 17.5 Å². The lowest BCUT2D eigenvalue weighted by atomic mass is 10.1. The van der Waals surface area contributed by atoms with Crippen molar-refractivity contribution in [3.63, 3.8) is 0 Å². The Hall–Kier alpha value is -3.42. The van der Waals surface area contributed by atoms with Gasteiger partial charge in [0.25, 0.3) is 5.91 Å². The number of aromatic nitrogens is 2. The van der Waals surface area contributed by atoms with Crippen LogP contribution in [0.1, 0.15) is 16.1 Å². The second-order valence-corrected chi connectivity index (χ2v) is 5.62. The van der Waals surface area contributed by atoms with Gasteiger partial charge in [-0.3, -0.25) is 4.79 Å². The van der Waals surface area contributed by atoms with E-state index in [9.17, 15) is 18.0 Å². The molecule has 1 amide bonds. The fourth-order valence-electron chi connectivity index (χ4n) is 2.33. The molecule has 0 unspecified atom stereocenters. The topological polar surface area (TPSA) is 66.9 Å². The second-order valence-electron chi connectivity index (χ2n) is 5.62. The molecule has 1 aromatic heterocycles. The van der Waals surface area contributed by atoms with Crippen LogP contribution in [0.5, 0.6) is 0 Å². The number of amides is 1. The van der Waals surface area contributed by atoms with Crippen LogP contribution < -0.4 is 10.6 Å². The molecule has 5 nitrogen and oxygen atoms in total. The van der Waals surface area contributed by atoms with Gasteiger partial charge in [-0.1, -0.05) is 18.2 Å². The number of carbonyl (C=O) groups excluding carboxylic acids is 1. The standard InChI is InChI=1S/C19H15F3N4O/c20-13-6-4-12(5-7-13)8-10-23-19-24-11-9-16(25-19)18(27)26-17-14(21)2-1-3-15(17)22/h1-7,9,11H,8,10H2,(H,26,27)(H,23,24,25). The predicted octanol–water partition coefficient (Wildman–Crippen LogP) is 3.80. The molecule has 0 bridgehead atoms. The normalized spacial score (nSPS) is 10.5. The Morgan fingerprint density at radius 1 is 0.963 bits per heavy atom. The molecule has 138 valence electrons. The van der Waals surface area contributed by atoms with E-state index in [0.717, 1.165) is 17.7 Å². The lowest BCUT2D eigenvalue weighted by Crippen LogP contribution is -2.17. The van der Waals surface area contributed by atoms with E-state index >= 15 is 0 Å². The summed E-state index contributed by atoms with van der Waals surface area (Å²) in [5.41, 5.74) is 0.344. The zero-order chi connectivity index (χ0) is 19.2. The van der Waals surface area contributed by atoms with Gasteiger partial charge in [0.2, 0.25) is 5.95 Å². The summed E-state index contributed by atoms with van der Waals surface area (Å²) in [6, 6.07) is 10.7. The third kappa shape index (κ3) is 4.81. The van der Waals surface area contributed by atoms with E-state index in [1.807, 2.05) is 0 Å². The Morgan fingerprint density at radius 3 is 2.37 bits per heavy atom. The van der Waals surface area contributed by atoms with Gasteiger partial charge in [-0.05, 0) is 42.3 Å². The van der Waals surface area contributed by atoms with Crippen molar-refractivity contribution in [2.24, 2.45) is 0 Å². The summed E-state index contributed by atoms with van der Waals surface area (Å²) in [7, 11) is 0. The number of benzene rings is 2. The van der Waals surface area contributed by atoms with E-state index < -0.39 is 23.2 Å². The Balaban J connectivity index is 1.62. The van der Waals surface area contributed by atoms with Crippen LogP contribution in [0.3, 0.4) is 0 Å². The Bertz CT molecular complexity index is 928. The summed E-state index contributed by atoms with van der Waals surface area (Å²) in [4.78, 5) is 20.2. The fraction of sp³-hybridized carbons (Fsp3) is 0.105. The Labute approximate surface area is 153 Å². The van der Waals surface area contributed by atoms with Gasteiger partial charge in [-0.15, -0.1) is 0 Å². The predicted molar refractivity (Wildman–Crippen MR) is 94.9 cm³/mol. The smallest absolute Gasteiger partial charge is 0.274 e. The van der Waals surface area contributed by atoms with Crippen LogP contribution in [0, 0.1) is 17.5 Å². The van der Waals surface area contributed by atoms with Crippen molar-refractivity contribution in [2.45, 2.75) is 6.42 Å². The molecule has 1 heterocycles. The number of rotatable bonds is 6. The minimum Gasteiger partial charge on any atom is -0.354 e. The van der Waals surface area contributed by atoms with Gasteiger partial charge in [0.1, 0.15) is 28.8 Å². The first kappa shape index (κ1) is 18.4. The largest absolute Gasteiger partial charge is 0.354 e. The van der Waals surface area contributed by atoms with E-state index in [2.05, 4.69) is 20.6 Å². The molecule has 0 atom stereocenters. The highest BCUT2D eigenvalue weighted by atomic mass is 19.1. The van der Waals surface area contributed by atoms with E-state index in [1.165, 1.54) is 30.5 Å². The Kier molecular flexibility index (Phi) is 5.65. The van der Waals surface area contributed by atoms with Crippen LogP contribution in [0.15, 0.2) is 54.7 Å². The monoisotopic (exact) mass is 372 g/mol. The number of para-hydroxylation sites is 1. The maximum Gasteiger partial charge on any atom is 0.274 e.